The Hall–Kier alpha value is -4.37. The van der Waals surface area contributed by atoms with Crippen molar-refractivity contribution in [3.8, 4) is 0 Å². The first-order chi connectivity index (χ1) is 17.9. The number of hydrogen-bond acceptors (Lipinski definition) is 6. The van der Waals surface area contributed by atoms with E-state index in [1.807, 2.05) is 12.1 Å². The normalized spacial score (nSPS) is 15.3. The zero-order valence-corrected chi connectivity index (χ0v) is 20.7. The number of nitrogens with zero attached hydrogens (tertiary/aromatic N) is 5. The number of aryl methyl sites for hydroxylation is 1. The van der Waals surface area contributed by atoms with E-state index in [4.69, 9.17) is 11.6 Å². The van der Waals surface area contributed by atoms with Gasteiger partial charge < -0.3 is 14.8 Å². The molecular weight excluding hydrogens is 492 g/mol. The minimum absolute atomic E-state index is 0.0588. The molecule has 1 aliphatic heterocycles. The Labute approximate surface area is 218 Å². The van der Waals surface area contributed by atoms with Gasteiger partial charge in [0.2, 0.25) is 0 Å². The van der Waals surface area contributed by atoms with Gasteiger partial charge in [0.25, 0.3) is 11.8 Å². The third-order valence-corrected chi connectivity index (χ3v) is 6.54. The highest BCUT2D eigenvalue weighted by Crippen LogP contribution is 2.26. The molecule has 0 saturated heterocycles. The molecule has 1 aliphatic rings. The van der Waals surface area contributed by atoms with E-state index in [1.165, 1.54) is 0 Å². The fourth-order valence-electron chi connectivity index (χ4n) is 4.40. The number of fused-ring (bicyclic) bond motifs is 1. The first-order valence-corrected chi connectivity index (χ1v) is 12.0. The molecule has 1 atom stereocenters. The Morgan fingerprint density at radius 3 is 2.54 bits per heavy atom. The van der Waals surface area contributed by atoms with E-state index in [9.17, 15) is 14.4 Å². The highest BCUT2D eigenvalue weighted by atomic mass is 35.5. The van der Waals surface area contributed by atoms with Crippen molar-refractivity contribution in [2.75, 3.05) is 5.32 Å². The molecule has 0 radical (unpaired) electrons. The Bertz CT molecular complexity index is 1470. The molecule has 0 spiro atoms. The van der Waals surface area contributed by atoms with Gasteiger partial charge in [0.1, 0.15) is 11.5 Å². The van der Waals surface area contributed by atoms with Crippen LogP contribution in [0.2, 0.25) is 5.02 Å². The second-order valence-corrected chi connectivity index (χ2v) is 9.16. The lowest BCUT2D eigenvalue weighted by molar-refractivity contribution is -0.122. The Morgan fingerprint density at radius 1 is 1.05 bits per heavy atom. The van der Waals surface area contributed by atoms with Crippen LogP contribution in [0.5, 0.6) is 0 Å². The van der Waals surface area contributed by atoms with Gasteiger partial charge >= 0.3 is 0 Å². The van der Waals surface area contributed by atoms with E-state index in [0.29, 0.717) is 28.5 Å². The van der Waals surface area contributed by atoms with Crippen LogP contribution < -0.4 is 5.32 Å². The number of Topliss-reactive ketones (excluding diaryl/α,β-unsaturated/α-hetero) is 1. The predicted molar refractivity (Wildman–Crippen MR) is 137 cm³/mol. The first kappa shape index (κ1) is 24.3. The molecule has 0 bridgehead atoms. The number of anilines is 1. The maximum absolute atomic E-state index is 13.7. The van der Waals surface area contributed by atoms with Crippen molar-refractivity contribution in [3.63, 3.8) is 0 Å². The highest BCUT2D eigenvalue weighted by molar-refractivity contribution is 6.34. The third-order valence-electron chi connectivity index (χ3n) is 6.23. The number of pyridine rings is 2. The molecule has 1 N–H and O–H groups in total. The van der Waals surface area contributed by atoms with Gasteiger partial charge in [-0.1, -0.05) is 29.8 Å². The Balaban J connectivity index is 1.44. The minimum atomic E-state index is -0.734. The minimum Gasteiger partial charge on any atom is -0.329 e. The second kappa shape index (κ2) is 10.3. The van der Waals surface area contributed by atoms with Gasteiger partial charge in [0, 0.05) is 38.1 Å². The molecule has 4 aromatic rings. The Morgan fingerprint density at radius 2 is 1.84 bits per heavy atom. The quantitative estimate of drug-likeness (QED) is 0.422. The van der Waals surface area contributed by atoms with Crippen LogP contribution in [0.1, 0.15) is 37.8 Å². The smallest absolute Gasteiger partial charge is 0.273 e. The number of imidazole rings is 1. The number of carbonyl (C=O) groups excluding carboxylic acids is 3. The van der Waals surface area contributed by atoms with Crippen LogP contribution in [0.25, 0.3) is 0 Å². The molecule has 186 valence electrons. The number of aromatic nitrogens is 4. The van der Waals surface area contributed by atoms with Gasteiger partial charge in [0.05, 0.1) is 35.1 Å². The molecule has 37 heavy (non-hydrogen) atoms. The van der Waals surface area contributed by atoms with E-state index in [-0.39, 0.29) is 41.7 Å². The third kappa shape index (κ3) is 5.12. The van der Waals surface area contributed by atoms with E-state index < -0.39 is 11.9 Å². The number of hydrogen-bond donors (Lipinski definition) is 1. The first-order valence-electron chi connectivity index (χ1n) is 11.7. The number of carbonyl (C=O) groups is 3. The molecule has 2 amide bonds. The standard InChI is InChI=1S/C27H23ClN6O3/c1-33-16-31-21-14-23(35)22(13-18-6-2-4-10-29-18)34(27(37)25(21)33)15-17-8-9-19(20(28)12-17)26(36)32-24-7-3-5-11-30-24/h2-12,16,22H,13-15H2,1H3,(H,30,32,36). The van der Waals surface area contributed by atoms with Gasteiger partial charge in [-0.2, -0.15) is 0 Å². The number of amides is 2. The highest BCUT2D eigenvalue weighted by Gasteiger charge is 2.38. The van der Waals surface area contributed by atoms with Crippen molar-refractivity contribution < 1.29 is 14.4 Å². The summed E-state index contributed by atoms with van der Waals surface area (Å²) in [4.78, 5) is 54.1. The molecule has 0 saturated carbocycles. The summed E-state index contributed by atoms with van der Waals surface area (Å²) in [5.74, 6) is -0.404. The van der Waals surface area contributed by atoms with Crippen molar-refractivity contribution in [2.45, 2.75) is 25.4 Å². The van der Waals surface area contributed by atoms with Gasteiger partial charge in [-0.3, -0.25) is 19.4 Å². The van der Waals surface area contributed by atoms with Crippen molar-refractivity contribution in [1.82, 2.24) is 24.4 Å². The average Bonchev–Trinajstić information content (AvgIpc) is 3.22. The number of ketones is 1. The van der Waals surface area contributed by atoms with Gasteiger partial charge in [-0.05, 0) is 42.0 Å². The topological polar surface area (TPSA) is 110 Å². The summed E-state index contributed by atoms with van der Waals surface area (Å²) in [5, 5.41) is 2.93. The summed E-state index contributed by atoms with van der Waals surface area (Å²) >= 11 is 6.48. The fourth-order valence-corrected chi connectivity index (χ4v) is 4.69. The molecule has 4 heterocycles. The zero-order valence-electron chi connectivity index (χ0n) is 20.0. The maximum Gasteiger partial charge on any atom is 0.273 e. The number of benzene rings is 1. The molecule has 9 nitrogen and oxygen atoms in total. The zero-order chi connectivity index (χ0) is 25.9. The number of halogens is 1. The summed E-state index contributed by atoms with van der Waals surface area (Å²) in [6, 6.07) is 14.9. The van der Waals surface area contributed by atoms with Crippen LogP contribution in [0.3, 0.4) is 0 Å². The Kier molecular flexibility index (Phi) is 6.78. The van der Waals surface area contributed by atoms with Crippen LogP contribution in [0.4, 0.5) is 5.82 Å². The van der Waals surface area contributed by atoms with Crippen molar-refractivity contribution in [2.24, 2.45) is 7.05 Å². The fraction of sp³-hybridized carbons (Fsp3) is 0.185. The van der Waals surface area contributed by atoms with Crippen LogP contribution in [-0.4, -0.2) is 48.1 Å². The van der Waals surface area contributed by atoms with Crippen molar-refractivity contribution in [3.05, 3.63) is 107 Å². The summed E-state index contributed by atoms with van der Waals surface area (Å²) in [5.41, 5.74) is 2.50. The lowest BCUT2D eigenvalue weighted by atomic mass is 10.0. The van der Waals surface area contributed by atoms with E-state index in [0.717, 1.165) is 0 Å². The SMILES string of the molecule is Cn1cnc2c1C(=O)N(Cc1ccc(C(=O)Nc3ccccn3)c(Cl)c1)C(Cc1ccccn1)C(=O)C2. The van der Waals surface area contributed by atoms with Crippen LogP contribution in [0, 0.1) is 0 Å². The molecule has 0 aliphatic carbocycles. The van der Waals surface area contributed by atoms with Crippen LogP contribution >= 0.6 is 11.6 Å². The largest absolute Gasteiger partial charge is 0.329 e. The van der Waals surface area contributed by atoms with Crippen molar-refractivity contribution in [1.29, 1.82) is 0 Å². The lowest BCUT2D eigenvalue weighted by Crippen LogP contribution is -2.45. The van der Waals surface area contributed by atoms with Crippen LogP contribution in [0.15, 0.2) is 73.3 Å². The van der Waals surface area contributed by atoms with E-state index in [2.05, 4.69) is 20.3 Å². The molecule has 5 rings (SSSR count). The number of nitrogens with one attached hydrogen (secondary N) is 1. The molecular formula is C27H23ClN6O3. The molecule has 1 aromatic carbocycles. The summed E-state index contributed by atoms with van der Waals surface area (Å²) < 4.78 is 1.64. The van der Waals surface area contributed by atoms with Crippen molar-refractivity contribution >= 4 is 35.0 Å². The second-order valence-electron chi connectivity index (χ2n) is 8.75. The number of rotatable bonds is 6. The molecule has 3 aromatic heterocycles. The van der Waals surface area contributed by atoms with Gasteiger partial charge in [-0.15, -0.1) is 0 Å². The summed E-state index contributed by atoms with van der Waals surface area (Å²) in [6.07, 6.45) is 5.11. The van der Waals surface area contributed by atoms with E-state index in [1.54, 1.807) is 77.7 Å². The van der Waals surface area contributed by atoms with Gasteiger partial charge in [0.15, 0.2) is 5.78 Å². The van der Waals surface area contributed by atoms with E-state index >= 15 is 0 Å². The molecule has 0 fully saturated rings. The molecule has 1 unspecified atom stereocenters. The summed E-state index contributed by atoms with van der Waals surface area (Å²) in [6.45, 7) is 0.120. The predicted octanol–water partition coefficient (Wildman–Crippen LogP) is 3.49. The summed E-state index contributed by atoms with van der Waals surface area (Å²) in [7, 11) is 1.73. The van der Waals surface area contributed by atoms with Gasteiger partial charge in [-0.25, -0.2) is 9.97 Å². The average molecular weight is 515 g/mol. The monoisotopic (exact) mass is 514 g/mol. The lowest BCUT2D eigenvalue weighted by Gasteiger charge is -2.29. The molecule has 10 heteroatoms. The van der Waals surface area contributed by atoms with Crippen LogP contribution in [-0.2, 0) is 31.2 Å². The maximum atomic E-state index is 13.7.